The molecule has 0 saturated heterocycles. The maximum absolute atomic E-state index is 5.48. The summed E-state index contributed by atoms with van der Waals surface area (Å²) in [5, 5.41) is 10.4. The molecule has 0 aliphatic heterocycles. The summed E-state index contributed by atoms with van der Waals surface area (Å²) in [4.78, 5) is 0. The first-order valence-corrected chi connectivity index (χ1v) is 6.16. The molecular formula is C12H15N3S. The van der Waals surface area contributed by atoms with E-state index in [9.17, 15) is 0 Å². The topological polar surface area (TPSA) is 51.8 Å². The molecule has 0 fully saturated rings. The number of nitrogens with two attached hydrogens (primary N) is 1. The second-order valence-electron chi connectivity index (χ2n) is 3.79. The lowest BCUT2D eigenvalue weighted by molar-refractivity contribution is 0.898. The molecule has 3 nitrogen and oxygen atoms in total. The van der Waals surface area contributed by atoms with E-state index >= 15 is 0 Å². The van der Waals surface area contributed by atoms with Gasteiger partial charge in [0.2, 0.25) is 0 Å². The van der Waals surface area contributed by atoms with E-state index in [1.807, 2.05) is 0 Å². The van der Waals surface area contributed by atoms with Crippen molar-refractivity contribution in [2.45, 2.75) is 19.8 Å². The van der Waals surface area contributed by atoms with Crippen LogP contribution in [0.4, 0.5) is 0 Å². The molecule has 4 heteroatoms. The van der Waals surface area contributed by atoms with E-state index < -0.39 is 0 Å². The summed E-state index contributed by atoms with van der Waals surface area (Å²) in [6.07, 6.45) is 1.69. The van der Waals surface area contributed by atoms with Crippen molar-refractivity contribution in [3.8, 4) is 0 Å². The standard InChI is InChI=1S/C12H15N3S/c1-9-2-4-10(5-3-9)8-12-15-14-11(16-12)6-7-13/h2-5H,6-8,13H2,1H3. The molecule has 0 spiro atoms. The summed E-state index contributed by atoms with van der Waals surface area (Å²) >= 11 is 1.65. The molecule has 0 aliphatic rings. The number of aromatic nitrogens is 2. The molecule has 1 aromatic carbocycles. The molecule has 1 aromatic heterocycles. The molecule has 1 heterocycles. The van der Waals surface area contributed by atoms with Crippen LogP contribution < -0.4 is 5.73 Å². The van der Waals surface area contributed by atoms with Crippen LogP contribution in [0.25, 0.3) is 0 Å². The predicted octanol–water partition coefficient (Wildman–Crippen LogP) is 1.94. The normalized spacial score (nSPS) is 10.6. The molecular weight excluding hydrogens is 218 g/mol. The maximum atomic E-state index is 5.48. The third-order valence-electron chi connectivity index (χ3n) is 2.34. The number of benzene rings is 1. The first-order valence-electron chi connectivity index (χ1n) is 5.35. The molecule has 0 amide bonds. The minimum absolute atomic E-state index is 0.638. The van der Waals surface area contributed by atoms with E-state index in [0.717, 1.165) is 22.9 Å². The Kier molecular flexibility index (Phi) is 3.64. The van der Waals surface area contributed by atoms with Crippen molar-refractivity contribution in [2.24, 2.45) is 5.73 Å². The zero-order valence-corrected chi connectivity index (χ0v) is 10.1. The van der Waals surface area contributed by atoms with Crippen molar-refractivity contribution in [3.05, 3.63) is 45.4 Å². The van der Waals surface area contributed by atoms with Gasteiger partial charge in [0.1, 0.15) is 10.0 Å². The molecule has 84 valence electrons. The summed E-state index contributed by atoms with van der Waals surface area (Å²) in [5.41, 5.74) is 8.04. The Labute approximate surface area is 99.3 Å². The Morgan fingerprint density at radius 2 is 1.81 bits per heavy atom. The molecule has 0 bridgehead atoms. The van der Waals surface area contributed by atoms with E-state index in [-0.39, 0.29) is 0 Å². The second-order valence-corrected chi connectivity index (χ2v) is 4.94. The molecule has 0 unspecified atom stereocenters. The highest BCUT2D eigenvalue weighted by Gasteiger charge is 2.04. The number of hydrogen-bond donors (Lipinski definition) is 1. The monoisotopic (exact) mass is 233 g/mol. The highest BCUT2D eigenvalue weighted by Crippen LogP contribution is 2.15. The molecule has 0 aliphatic carbocycles. The van der Waals surface area contributed by atoms with E-state index in [1.54, 1.807) is 11.3 Å². The SMILES string of the molecule is Cc1ccc(Cc2nnc(CCN)s2)cc1. The van der Waals surface area contributed by atoms with Crippen molar-refractivity contribution in [1.29, 1.82) is 0 Å². The third kappa shape index (κ3) is 2.87. The highest BCUT2D eigenvalue weighted by atomic mass is 32.1. The number of aryl methyl sites for hydroxylation is 1. The van der Waals surface area contributed by atoms with Gasteiger partial charge in [-0.15, -0.1) is 21.5 Å². The Morgan fingerprint density at radius 3 is 2.50 bits per heavy atom. The maximum Gasteiger partial charge on any atom is 0.121 e. The Morgan fingerprint density at radius 1 is 1.12 bits per heavy atom. The summed E-state index contributed by atoms with van der Waals surface area (Å²) in [6, 6.07) is 8.52. The summed E-state index contributed by atoms with van der Waals surface area (Å²) < 4.78 is 0. The summed E-state index contributed by atoms with van der Waals surface area (Å²) in [6.45, 7) is 2.73. The molecule has 0 atom stereocenters. The van der Waals surface area contributed by atoms with Crippen LogP contribution in [0.5, 0.6) is 0 Å². The van der Waals surface area contributed by atoms with Gasteiger partial charge in [-0.05, 0) is 19.0 Å². The first-order chi connectivity index (χ1) is 7.78. The largest absolute Gasteiger partial charge is 0.330 e. The van der Waals surface area contributed by atoms with Gasteiger partial charge in [0, 0.05) is 12.8 Å². The van der Waals surface area contributed by atoms with E-state index in [2.05, 4.69) is 41.4 Å². The van der Waals surface area contributed by atoms with Crippen molar-refractivity contribution < 1.29 is 0 Å². The van der Waals surface area contributed by atoms with Crippen LogP contribution in [0.15, 0.2) is 24.3 Å². The van der Waals surface area contributed by atoms with Crippen LogP contribution >= 0.6 is 11.3 Å². The van der Waals surface area contributed by atoms with Crippen molar-refractivity contribution in [2.75, 3.05) is 6.54 Å². The fourth-order valence-corrected chi connectivity index (χ4v) is 2.36. The van der Waals surface area contributed by atoms with Gasteiger partial charge in [-0.2, -0.15) is 0 Å². The molecule has 2 N–H and O–H groups in total. The molecule has 2 aromatic rings. The lowest BCUT2D eigenvalue weighted by Crippen LogP contribution is -2.01. The quantitative estimate of drug-likeness (QED) is 0.878. The van der Waals surface area contributed by atoms with Crippen LogP contribution in [0, 0.1) is 6.92 Å². The summed E-state index contributed by atoms with van der Waals surface area (Å²) in [5.74, 6) is 0. The lowest BCUT2D eigenvalue weighted by atomic mass is 10.1. The van der Waals surface area contributed by atoms with Gasteiger partial charge >= 0.3 is 0 Å². The fraction of sp³-hybridized carbons (Fsp3) is 0.333. The molecule has 2 rings (SSSR count). The van der Waals surface area contributed by atoms with Crippen molar-refractivity contribution >= 4 is 11.3 Å². The van der Waals surface area contributed by atoms with Gasteiger partial charge in [0.05, 0.1) is 0 Å². The zero-order chi connectivity index (χ0) is 11.4. The zero-order valence-electron chi connectivity index (χ0n) is 9.31. The Hall–Kier alpha value is -1.26. The van der Waals surface area contributed by atoms with E-state index in [1.165, 1.54) is 11.1 Å². The first kappa shape index (κ1) is 11.2. The van der Waals surface area contributed by atoms with Gasteiger partial charge < -0.3 is 5.73 Å². The predicted molar refractivity (Wildman–Crippen MR) is 66.7 cm³/mol. The third-order valence-corrected chi connectivity index (χ3v) is 3.33. The van der Waals surface area contributed by atoms with Crippen LogP contribution in [0.2, 0.25) is 0 Å². The van der Waals surface area contributed by atoms with Crippen LogP contribution in [0.1, 0.15) is 21.1 Å². The highest BCUT2D eigenvalue weighted by molar-refractivity contribution is 7.11. The summed E-state index contributed by atoms with van der Waals surface area (Å²) in [7, 11) is 0. The van der Waals surface area contributed by atoms with Gasteiger partial charge in [0.15, 0.2) is 0 Å². The molecule has 16 heavy (non-hydrogen) atoms. The van der Waals surface area contributed by atoms with Crippen LogP contribution in [0.3, 0.4) is 0 Å². The van der Waals surface area contributed by atoms with Gasteiger partial charge in [-0.3, -0.25) is 0 Å². The average Bonchev–Trinajstić information content (AvgIpc) is 2.70. The average molecular weight is 233 g/mol. The lowest BCUT2D eigenvalue weighted by Gasteiger charge is -1.97. The minimum atomic E-state index is 0.638. The number of hydrogen-bond acceptors (Lipinski definition) is 4. The second kappa shape index (κ2) is 5.18. The molecule has 0 saturated carbocycles. The van der Waals surface area contributed by atoms with Gasteiger partial charge in [-0.25, -0.2) is 0 Å². The van der Waals surface area contributed by atoms with Crippen molar-refractivity contribution in [3.63, 3.8) is 0 Å². The number of rotatable bonds is 4. The van der Waals surface area contributed by atoms with E-state index in [0.29, 0.717) is 6.54 Å². The molecule has 0 radical (unpaired) electrons. The Bertz CT molecular complexity index is 448. The Balaban J connectivity index is 2.05. The number of nitrogens with zero attached hydrogens (tertiary/aromatic N) is 2. The van der Waals surface area contributed by atoms with Gasteiger partial charge in [-0.1, -0.05) is 29.8 Å². The van der Waals surface area contributed by atoms with Crippen LogP contribution in [-0.2, 0) is 12.8 Å². The minimum Gasteiger partial charge on any atom is -0.330 e. The smallest absolute Gasteiger partial charge is 0.121 e. The van der Waals surface area contributed by atoms with Crippen molar-refractivity contribution in [1.82, 2.24) is 10.2 Å². The van der Waals surface area contributed by atoms with E-state index in [4.69, 9.17) is 5.73 Å². The van der Waals surface area contributed by atoms with Crippen LogP contribution in [-0.4, -0.2) is 16.7 Å². The fourth-order valence-electron chi connectivity index (χ4n) is 1.46. The van der Waals surface area contributed by atoms with Gasteiger partial charge in [0.25, 0.3) is 0 Å².